The first-order valence-corrected chi connectivity index (χ1v) is 10.3. The summed E-state index contributed by atoms with van der Waals surface area (Å²) in [4.78, 5) is 24.6. The van der Waals surface area contributed by atoms with Crippen LogP contribution in [0.5, 0.6) is 5.75 Å². The largest absolute Gasteiger partial charge is 0.490 e. The fraction of sp³-hybridized carbons (Fsp3) is 0.167. The Morgan fingerprint density at radius 2 is 1.61 bits per heavy atom. The standard InChI is InChI=1S/C24H21Cl2NO4/c1-15(28)20-11-18(26)8-10-23(20)31-14-19(29)13-27-22-9-7-17(25)12-21(22)24(30)16-5-3-2-4-6-16/h2-12,19,27,29H,13-14H2,1H3/t19-/m1/s1. The summed E-state index contributed by atoms with van der Waals surface area (Å²) in [7, 11) is 0. The minimum atomic E-state index is -0.897. The SMILES string of the molecule is CC(=O)c1cc(Cl)ccc1OC[C@H](O)CNc1ccc(Cl)cc1C(=O)c1ccccc1. The molecule has 0 saturated carbocycles. The Bertz CT molecular complexity index is 1090. The van der Waals surface area contributed by atoms with Crippen LogP contribution in [0.1, 0.15) is 33.2 Å². The predicted octanol–water partition coefficient (Wildman–Crippen LogP) is 5.28. The molecule has 1 atom stereocenters. The zero-order valence-corrected chi connectivity index (χ0v) is 18.3. The molecule has 3 rings (SSSR count). The summed E-state index contributed by atoms with van der Waals surface area (Å²) < 4.78 is 5.61. The van der Waals surface area contributed by atoms with E-state index in [1.807, 2.05) is 6.07 Å². The van der Waals surface area contributed by atoms with Gasteiger partial charge in [-0.05, 0) is 43.3 Å². The first-order valence-electron chi connectivity index (χ1n) is 9.59. The molecule has 0 fully saturated rings. The number of carbonyl (C=O) groups excluding carboxylic acids is 2. The van der Waals surface area contributed by atoms with E-state index >= 15 is 0 Å². The minimum Gasteiger partial charge on any atom is -0.490 e. The first-order chi connectivity index (χ1) is 14.8. The molecular formula is C24H21Cl2NO4. The lowest BCUT2D eigenvalue weighted by Gasteiger charge is -2.17. The maximum absolute atomic E-state index is 12.9. The van der Waals surface area contributed by atoms with Gasteiger partial charge in [-0.15, -0.1) is 0 Å². The zero-order chi connectivity index (χ0) is 22.4. The van der Waals surface area contributed by atoms with Gasteiger partial charge >= 0.3 is 0 Å². The van der Waals surface area contributed by atoms with E-state index in [-0.39, 0.29) is 24.7 Å². The molecule has 0 aliphatic heterocycles. The van der Waals surface area contributed by atoms with Crippen LogP contribution >= 0.6 is 23.2 Å². The first kappa shape index (κ1) is 22.8. The highest BCUT2D eigenvalue weighted by Crippen LogP contribution is 2.25. The number of ether oxygens (including phenoxy) is 1. The molecule has 3 aromatic carbocycles. The van der Waals surface area contributed by atoms with Crippen LogP contribution in [0.4, 0.5) is 5.69 Å². The second-order valence-electron chi connectivity index (χ2n) is 6.93. The van der Waals surface area contributed by atoms with Crippen LogP contribution in [-0.2, 0) is 0 Å². The van der Waals surface area contributed by atoms with Crippen LogP contribution < -0.4 is 10.1 Å². The Morgan fingerprint density at radius 1 is 0.968 bits per heavy atom. The molecule has 0 radical (unpaired) electrons. The van der Waals surface area contributed by atoms with E-state index in [0.717, 1.165) is 0 Å². The van der Waals surface area contributed by atoms with Crippen molar-refractivity contribution in [1.82, 2.24) is 0 Å². The average Bonchev–Trinajstić information content (AvgIpc) is 2.77. The van der Waals surface area contributed by atoms with Gasteiger partial charge in [0.25, 0.3) is 0 Å². The van der Waals surface area contributed by atoms with Gasteiger partial charge in [-0.25, -0.2) is 0 Å². The molecular weight excluding hydrogens is 437 g/mol. The van der Waals surface area contributed by atoms with Crippen LogP contribution in [-0.4, -0.2) is 35.9 Å². The minimum absolute atomic E-state index is 0.0511. The number of carbonyl (C=O) groups is 2. The van der Waals surface area contributed by atoms with Crippen LogP contribution in [0.25, 0.3) is 0 Å². The highest BCUT2D eigenvalue weighted by molar-refractivity contribution is 6.31. The van der Waals surface area contributed by atoms with Gasteiger partial charge in [-0.2, -0.15) is 0 Å². The molecule has 3 aromatic rings. The van der Waals surface area contributed by atoms with Gasteiger partial charge in [0.15, 0.2) is 11.6 Å². The van der Waals surface area contributed by atoms with Crippen molar-refractivity contribution in [2.45, 2.75) is 13.0 Å². The molecule has 0 unspecified atom stereocenters. The zero-order valence-electron chi connectivity index (χ0n) is 16.8. The van der Waals surface area contributed by atoms with Gasteiger partial charge in [0.2, 0.25) is 0 Å². The topological polar surface area (TPSA) is 75.6 Å². The van der Waals surface area contributed by atoms with E-state index in [0.29, 0.717) is 38.2 Å². The summed E-state index contributed by atoms with van der Waals surface area (Å²) >= 11 is 12.0. The predicted molar refractivity (Wildman–Crippen MR) is 123 cm³/mol. The third-order valence-electron chi connectivity index (χ3n) is 4.54. The maximum atomic E-state index is 12.9. The van der Waals surface area contributed by atoms with Crippen molar-refractivity contribution in [2.24, 2.45) is 0 Å². The number of anilines is 1. The van der Waals surface area contributed by atoms with Crippen molar-refractivity contribution < 1.29 is 19.4 Å². The number of halogens is 2. The molecule has 0 aliphatic rings. The molecule has 0 heterocycles. The molecule has 0 bridgehead atoms. The lowest BCUT2D eigenvalue weighted by atomic mass is 10.0. The Kier molecular flexibility index (Phi) is 7.69. The highest BCUT2D eigenvalue weighted by Gasteiger charge is 2.16. The quantitative estimate of drug-likeness (QED) is 0.427. The van der Waals surface area contributed by atoms with Crippen LogP contribution in [0.2, 0.25) is 10.0 Å². The van der Waals surface area contributed by atoms with Crippen molar-refractivity contribution in [1.29, 1.82) is 0 Å². The molecule has 2 N–H and O–H groups in total. The van der Waals surface area contributed by atoms with Gasteiger partial charge in [-0.1, -0.05) is 53.5 Å². The fourth-order valence-electron chi connectivity index (χ4n) is 2.98. The number of Topliss-reactive ketones (excluding diaryl/α,β-unsaturated/α-hetero) is 1. The number of hydrogen-bond acceptors (Lipinski definition) is 5. The second-order valence-corrected chi connectivity index (χ2v) is 7.80. The summed E-state index contributed by atoms with van der Waals surface area (Å²) in [5, 5.41) is 14.3. The molecule has 0 aliphatic carbocycles. The lowest BCUT2D eigenvalue weighted by molar-refractivity contribution is 0.0991. The number of rotatable bonds is 9. The molecule has 0 amide bonds. The van der Waals surface area contributed by atoms with Crippen molar-refractivity contribution >= 4 is 40.5 Å². The third kappa shape index (κ3) is 6.07. The van der Waals surface area contributed by atoms with Crippen LogP contribution in [0, 0.1) is 0 Å². The number of benzene rings is 3. The number of aliphatic hydroxyl groups is 1. The smallest absolute Gasteiger partial charge is 0.195 e. The molecule has 0 saturated heterocycles. The molecule has 31 heavy (non-hydrogen) atoms. The van der Waals surface area contributed by atoms with E-state index in [4.69, 9.17) is 27.9 Å². The Morgan fingerprint density at radius 3 is 2.29 bits per heavy atom. The van der Waals surface area contributed by atoms with Gasteiger partial charge < -0.3 is 15.2 Å². The monoisotopic (exact) mass is 457 g/mol. The van der Waals surface area contributed by atoms with Crippen molar-refractivity contribution in [2.75, 3.05) is 18.5 Å². The lowest BCUT2D eigenvalue weighted by Crippen LogP contribution is -2.27. The van der Waals surface area contributed by atoms with Crippen LogP contribution in [0.3, 0.4) is 0 Å². The average molecular weight is 458 g/mol. The van der Waals surface area contributed by atoms with E-state index < -0.39 is 6.10 Å². The van der Waals surface area contributed by atoms with Gasteiger partial charge in [0.1, 0.15) is 18.5 Å². The second kappa shape index (κ2) is 10.4. The molecule has 0 aromatic heterocycles. The highest BCUT2D eigenvalue weighted by atomic mass is 35.5. The number of hydrogen-bond donors (Lipinski definition) is 2. The summed E-state index contributed by atoms with van der Waals surface area (Å²) in [6.07, 6.45) is -0.897. The van der Waals surface area contributed by atoms with E-state index in [1.165, 1.54) is 13.0 Å². The van der Waals surface area contributed by atoms with E-state index in [2.05, 4.69) is 5.32 Å². The van der Waals surface area contributed by atoms with E-state index in [9.17, 15) is 14.7 Å². The Balaban J connectivity index is 1.67. The number of ketones is 2. The molecule has 0 spiro atoms. The third-order valence-corrected chi connectivity index (χ3v) is 5.01. The van der Waals surface area contributed by atoms with E-state index in [1.54, 1.807) is 54.6 Å². The Labute approximate surface area is 190 Å². The normalized spacial score (nSPS) is 11.6. The molecule has 160 valence electrons. The van der Waals surface area contributed by atoms with Crippen molar-refractivity contribution in [3.8, 4) is 5.75 Å². The van der Waals surface area contributed by atoms with Gasteiger partial charge in [0.05, 0.1) is 5.56 Å². The van der Waals surface area contributed by atoms with Crippen LogP contribution in [0.15, 0.2) is 66.7 Å². The van der Waals surface area contributed by atoms with Gasteiger partial charge in [-0.3, -0.25) is 9.59 Å². The van der Waals surface area contributed by atoms with Gasteiger partial charge in [0, 0.05) is 33.4 Å². The van der Waals surface area contributed by atoms with Crippen molar-refractivity contribution in [3.63, 3.8) is 0 Å². The summed E-state index contributed by atoms with van der Waals surface area (Å²) in [5.74, 6) is -0.0127. The van der Waals surface area contributed by atoms with Crippen molar-refractivity contribution in [3.05, 3.63) is 93.5 Å². The maximum Gasteiger partial charge on any atom is 0.195 e. The summed E-state index contributed by atoms with van der Waals surface area (Å²) in [6, 6.07) is 18.6. The number of aliphatic hydroxyl groups excluding tert-OH is 1. The fourth-order valence-corrected chi connectivity index (χ4v) is 3.32. The Hall–Kier alpha value is -2.86. The molecule has 7 heteroatoms. The summed E-state index contributed by atoms with van der Waals surface area (Å²) in [6.45, 7) is 1.49. The summed E-state index contributed by atoms with van der Waals surface area (Å²) in [5.41, 5.74) is 1.84. The molecule has 5 nitrogen and oxygen atoms in total. The number of nitrogens with one attached hydrogen (secondary N) is 1.